The third kappa shape index (κ3) is 10.6. The van der Waals surface area contributed by atoms with E-state index in [9.17, 15) is 19.2 Å². The lowest BCUT2D eigenvalue weighted by molar-refractivity contribution is -0.130. The molecule has 1 aromatic heterocycles. The van der Waals surface area contributed by atoms with Gasteiger partial charge in [-0.15, -0.1) is 0 Å². The van der Waals surface area contributed by atoms with Gasteiger partial charge in [0.2, 0.25) is 23.6 Å². The SMILES string of the molecule is O=C(CCCCC(=O)N1CCCC1)Nc1ccc(Nc2c3ccc(NC(=O)CCN4CCCC4)cc3nc3cc(NC(=O)CCN4CCCC4)ccc23)cc1. The van der Waals surface area contributed by atoms with Crippen LogP contribution in [0.4, 0.5) is 28.4 Å². The zero-order valence-corrected chi connectivity index (χ0v) is 31.8. The van der Waals surface area contributed by atoms with E-state index in [4.69, 9.17) is 4.98 Å². The molecule has 3 aliphatic rings. The second-order valence-electron chi connectivity index (χ2n) is 15.2. The van der Waals surface area contributed by atoms with E-state index in [0.29, 0.717) is 66.6 Å². The van der Waals surface area contributed by atoms with Crippen molar-refractivity contribution in [3.05, 3.63) is 60.7 Å². The van der Waals surface area contributed by atoms with Gasteiger partial charge in [-0.3, -0.25) is 19.2 Å². The van der Waals surface area contributed by atoms with Crippen LogP contribution in [0.2, 0.25) is 0 Å². The average Bonchev–Trinajstić information content (AvgIpc) is 4.01. The summed E-state index contributed by atoms with van der Waals surface area (Å²) in [4.78, 5) is 62.3. The fourth-order valence-corrected chi connectivity index (χ4v) is 7.91. The van der Waals surface area contributed by atoms with Crippen LogP contribution in [-0.2, 0) is 19.2 Å². The second-order valence-corrected chi connectivity index (χ2v) is 15.2. The third-order valence-corrected chi connectivity index (χ3v) is 11.0. The van der Waals surface area contributed by atoms with E-state index in [1.54, 1.807) is 0 Å². The molecule has 4 heterocycles. The van der Waals surface area contributed by atoms with E-state index in [2.05, 4.69) is 31.1 Å². The van der Waals surface area contributed by atoms with Crippen molar-refractivity contribution in [3.63, 3.8) is 0 Å². The van der Waals surface area contributed by atoms with Gasteiger partial charge in [0.25, 0.3) is 0 Å². The molecular weight excluding hydrogens is 693 g/mol. The van der Waals surface area contributed by atoms with Crippen LogP contribution in [0.1, 0.15) is 77.0 Å². The van der Waals surface area contributed by atoms with Gasteiger partial charge in [-0.2, -0.15) is 0 Å². The van der Waals surface area contributed by atoms with Crippen LogP contribution < -0.4 is 21.3 Å². The molecule has 12 nitrogen and oxygen atoms in total. The summed E-state index contributed by atoms with van der Waals surface area (Å²) in [5.41, 5.74) is 5.14. The summed E-state index contributed by atoms with van der Waals surface area (Å²) in [7, 11) is 0. The zero-order chi connectivity index (χ0) is 38.0. The van der Waals surface area contributed by atoms with E-state index in [-0.39, 0.29) is 23.6 Å². The first kappa shape index (κ1) is 38.2. The molecule has 0 radical (unpaired) electrons. The average molecular weight is 747 g/mol. The number of carbonyl (C=O) groups excluding carboxylic acids is 4. The summed E-state index contributed by atoms with van der Waals surface area (Å²) in [6, 6.07) is 19.1. The lowest BCUT2D eigenvalue weighted by Gasteiger charge is -2.17. The van der Waals surface area contributed by atoms with E-state index < -0.39 is 0 Å². The van der Waals surface area contributed by atoms with Gasteiger partial charge in [-0.05, 0) is 138 Å². The van der Waals surface area contributed by atoms with Crippen molar-refractivity contribution in [2.45, 2.75) is 77.0 Å². The van der Waals surface area contributed by atoms with Crippen LogP contribution in [-0.4, -0.2) is 95.7 Å². The number of hydrogen-bond acceptors (Lipinski definition) is 8. The van der Waals surface area contributed by atoms with Crippen molar-refractivity contribution in [3.8, 4) is 0 Å². The number of fused-ring (bicyclic) bond motifs is 2. The maximum Gasteiger partial charge on any atom is 0.225 e. The fourth-order valence-electron chi connectivity index (χ4n) is 7.91. The molecule has 3 aromatic carbocycles. The maximum absolute atomic E-state index is 12.9. The highest BCUT2D eigenvalue weighted by Gasteiger charge is 2.19. The minimum Gasteiger partial charge on any atom is -0.354 e. The smallest absolute Gasteiger partial charge is 0.225 e. The van der Waals surface area contributed by atoms with Crippen LogP contribution in [0.5, 0.6) is 0 Å². The molecule has 4 amide bonds. The van der Waals surface area contributed by atoms with Gasteiger partial charge >= 0.3 is 0 Å². The molecule has 0 saturated carbocycles. The Labute approximate surface area is 323 Å². The Balaban J connectivity index is 1.04. The van der Waals surface area contributed by atoms with Crippen LogP contribution in [0, 0.1) is 0 Å². The van der Waals surface area contributed by atoms with E-state index in [1.807, 2.05) is 65.6 Å². The maximum atomic E-state index is 12.9. The van der Waals surface area contributed by atoms with Crippen molar-refractivity contribution in [2.75, 3.05) is 73.6 Å². The Morgan fingerprint density at radius 1 is 0.509 bits per heavy atom. The molecule has 290 valence electrons. The van der Waals surface area contributed by atoms with Gasteiger partial charge in [0.05, 0.1) is 16.7 Å². The summed E-state index contributed by atoms with van der Waals surface area (Å²) < 4.78 is 0. The summed E-state index contributed by atoms with van der Waals surface area (Å²) in [6.45, 7) is 7.44. The van der Waals surface area contributed by atoms with Crippen molar-refractivity contribution >= 4 is 73.9 Å². The number of benzene rings is 3. The molecule has 0 atom stereocenters. The number of nitrogens with one attached hydrogen (secondary N) is 4. The van der Waals surface area contributed by atoms with Crippen LogP contribution in [0.15, 0.2) is 60.7 Å². The Morgan fingerprint density at radius 2 is 0.945 bits per heavy atom. The molecule has 3 saturated heterocycles. The van der Waals surface area contributed by atoms with Crippen LogP contribution >= 0.6 is 0 Å². The Morgan fingerprint density at radius 3 is 1.49 bits per heavy atom. The van der Waals surface area contributed by atoms with Gasteiger partial charge in [0.15, 0.2) is 0 Å². The molecule has 55 heavy (non-hydrogen) atoms. The first-order chi connectivity index (χ1) is 26.9. The standard InChI is InChI=1S/C43H54N8O4/c52-39(9-1-2-10-42(55)51-25-7-8-26-51)44-31-11-13-32(14-12-31)47-43-35-17-15-33(45-40(53)19-27-49-21-3-4-22-49)29-37(35)48-38-30-34(16-18-36(38)43)46-41(54)20-28-50-23-5-6-24-50/h11-18,29-30H,1-10,19-28H2,(H,44,52)(H,45,53)(H,46,54)(H,47,48). The summed E-state index contributed by atoms with van der Waals surface area (Å²) in [5, 5.41) is 14.5. The second kappa shape index (κ2) is 18.5. The first-order valence-electron chi connectivity index (χ1n) is 20.2. The lowest BCUT2D eigenvalue weighted by atomic mass is 10.1. The number of carbonyl (C=O) groups is 4. The number of likely N-dealkylation sites (tertiary alicyclic amines) is 3. The van der Waals surface area contributed by atoms with Gasteiger partial charge in [-0.25, -0.2) is 4.98 Å². The first-order valence-corrected chi connectivity index (χ1v) is 20.2. The van der Waals surface area contributed by atoms with Gasteiger partial charge in [0, 0.05) is 85.4 Å². The Bertz CT molecular complexity index is 1890. The summed E-state index contributed by atoms with van der Waals surface area (Å²) in [5.74, 6) is 0.0771. The predicted octanol–water partition coefficient (Wildman–Crippen LogP) is 7.10. The number of aromatic nitrogens is 1. The Hall–Kier alpha value is -5.07. The molecule has 3 fully saturated rings. The molecule has 4 aromatic rings. The monoisotopic (exact) mass is 746 g/mol. The summed E-state index contributed by atoms with van der Waals surface area (Å²) >= 11 is 0. The Kier molecular flexibility index (Phi) is 12.9. The zero-order valence-electron chi connectivity index (χ0n) is 31.8. The number of nitrogens with zero attached hydrogens (tertiary/aromatic N) is 4. The quantitative estimate of drug-likeness (QED) is 0.0704. The van der Waals surface area contributed by atoms with Crippen molar-refractivity contribution in [1.82, 2.24) is 19.7 Å². The molecule has 12 heteroatoms. The minimum atomic E-state index is -0.0710. The fraction of sp³-hybridized carbons (Fsp3) is 0.465. The van der Waals surface area contributed by atoms with Gasteiger partial charge < -0.3 is 36.0 Å². The minimum absolute atomic E-state index is 0.0240. The molecule has 3 aliphatic heterocycles. The topological polar surface area (TPSA) is 139 Å². The number of rotatable bonds is 16. The van der Waals surface area contributed by atoms with Gasteiger partial charge in [-0.1, -0.05) is 0 Å². The van der Waals surface area contributed by atoms with Gasteiger partial charge in [0.1, 0.15) is 0 Å². The normalized spacial score (nSPS) is 16.2. The van der Waals surface area contributed by atoms with Crippen molar-refractivity contribution in [2.24, 2.45) is 0 Å². The van der Waals surface area contributed by atoms with Crippen LogP contribution in [0.25, 0.3) is 21.8 Å². The third-order valence-electron chi connectivity index (χ3n) is 11.0. The molecule has 0 aliphatic carbocycles. The highest BCUT2D eigenvalue weighted by molar-refractivity contribution is 6.11. The molecule has 0 unspecified atom stereocenters. The van der Waals surface area contributed by atoms with Crippen molar-refractivity contribution in [1.29, 1.82) is 0 Å². The number of pyridine rings is 1. The van der Waals surface area contributed by atoms with Crippen LogP contribution in [0.3, 0.4) is 0 Å². The molecule has 0 spiro atoms. The molecule has 7 rings (SSSR count). The van der Waals surface area contributed by atoms with E-state index >= 15 is 0 Å². The number of amides is 4. The number of unbranched alkanes of at least 4 members (excludes halogenated alkanes) is 1. The number of hydrogen-bond donors (Lipinski definition) is 4. The predicted molar refractivity (Wildman–Crippen MR) is 220 cm³/mol. The summed E-state index contributed by atoms with van der Waals surface area (Å²) in [6.07, 6.45) is 10.0. The molecular formula is C43H54N8O4. The number of anilines is 5. The van der Waals surface area contributed by atoms with E-state index in [1.165, 1.54) is 25.7 Å². The van der Waals surface area contributed by atoms with Crippen molar-refractivity contribution < 1.29 is 19.2 Å². The van der Waals surface area contributed by atoms with E-state index in [0.717, 1.165) is 87.3 Å². The molecule has 4 N–H and O–H groups in total. The highest BCUT2D eigenvalue weighted by atomic mass is 16.2. The molecule has 0 bridgehead atoms. The lowest BCUT2D eigenvalue weighted by Crippen LogP contribution is -2.27. The highest BCUT2D eigenvalue weighted by Crippen LogP contribution is 2.36. The largest absolute Gasteiger partial charge is 0.354 e.